The van der Waals surface area contributed by atoms with E-state index in [1.165, 1.54) is 35.5 Å². The van der Waals surface area contributed by atoms with Gasteiger partial charge >= 0.3 is 5.97 Å². The maximum atomic E-state index is 13.9. The SMILES string of the molecule is O=C(COC(=O)c1c(Cl)cccc1Cl)CC(NC(=O)[C@@H]1CCCN2C(=O)CCC(NC(=O)c3ccco3)C(=O)N12)c1ccccc1. The number of hydrazine groups is 1. The van der Waals surface area contributed by atoms with Crippen molar-refractivity contribution in [2.45, 2.75) is 50.2 Å². The van der Waals surface area contributed by atoms with Crippen LogP contribution < -0.4 is 10.6 Å². The normalized spacial score (nSPS) is 18.7. The number of rotatable bonds is 10. The van der Waals surface area contributed by atoms with Gasteiger partial charge in [0.1, 0.15) is 18.7 Å². The van der Waals surface area contributed by atoms with Crippen LogP contribution in [0.4, 0.5) is 0 Å². The average molecular weight is 670 g/mol. The molecule has 0 radical (unpaired) electrons. The Bertz CT molecular complexity index is 1610. The van der Waals surface area contributed by atoms with Crippen LogP contribution in [0.1, 0.15) is 64.6 Å². The third-order valence-electron chi connectivity index (χ3n) is 7.70. The molecule has 2 fully saturated rings. The number of amides is 4. The molecule has 14 heteroatoms. The van der Waals surface area contributed by atoms with Crippen molar-refractivity contribution in [3.05, 3.63) is 93.9 Å². The summed E-state index contributed by atoms with van der Waals surface area (Å²) < 4.78 is 10.3. The van der Waals surface area contributed by atoms with E-state index in [4.69, 9.17) is 32.4 Å². The third kappa shape index (κ3) is 7.40. The van der Waals surface area contributed by atoms with Crippen LogP contribution >= 0.6 is 23.2 Å². The van der Waals surface area contributed by atoms with Crippen LogP contribution in [0.25, 0.3) is 0 Å². The smallest absolute Gasteiger partial charge is 0.341 e. The van der Waals surface area contributed by atoms with Crippen molar-refractivity contribution in [3.63, 3.8) is 0 Å². The number of carbonyl (C=O) groups is 6. The van der Waals surface area contributed by atoms with Gasteiger partial charge in [0.2, 0.25) is 11.8 Å². The van der Waals surface area contributed by atoms with Gasteiger partial charge in [-0.2, -0.15) is 0 Å². The van der Waals surface area contributed by atoms with Gasteiger partial charge in [0.25, 0.3) is 11.8 Å². The molecule has 5 rings (SSSR count). The van der Waals surface area contributed by atoms with Gasteiger partial charge in [-0.15, -0.1) is 0 Å². The number of halogens is 2. The van der Waals surface area contributed by atoms with Gasteiger partial charge in [0.05, 0.1) is 27.9 Å². The minimum atomic E-state index is -1.09. The minimum absolute atomic E-state index is 0.00387. The standard InChI is InChI=1S/C32H30Cl2N4O8/c33-21-9-4-10-22(34)28(21)32(44)46-18-20(39)17-24(19-7-2-1-3-8-19)36-29(41)25-11-5-15-37-27(40)14-13-23(31(43)38(25)37)35-30(42)26-12-6-16-45-26/h1-4,6-10,12,16,23-25H,5,11,13-15,17-18H2,(H,35,42)(H,36,41)/t23?,24?,25-/m0/s1. The van der Waals surface area contributed by atoms with Crippen molar-refractivity contribution < 1.29 is 37.9 Å². The molecule has 46 heavy (non-hydrogen) atoms. The molecule has 2 aliphatic heterocycles. The zero-order valence-electron chi connectivity index (χ0n) is 24.4. The Hall–Kier alpha value is -4.68. The Balaban J connectivity index is 1.31. The van der Waals surface area contributed by atoms with Crippen molar-refractivity contribution >= 4 is 58.6 Å². The lowest BCUT2D eigenvalue weighted by atomic mass is 9.99. The average Bonchev–Trinajstić information content (AvgIpc) is 3.57. The molecule has 2 aliphatic rings. The highest BCUT2D eigenvalue weighted by molar-refractivity contribution is 6.39. The van der Waals surface area contributed by atoms with Crippen molar-refractivity contribution in [1.29, 1.82) is 0 Å². The Morgan fingerprint density at radius 2 is 1.70 bits per heavy atom. The van der Waals surface area contributed by atoms with E-state index in [1.54, 1.807) is 36.4 Å². The van der Waals surface area contributed by atoms with Crippen LogP contribution in [0.5, 0.6) is 0 Å². The van der Waals surface area contributed by atoms with Crippen molar-refractivity contribution in [2.24, 2.45) is 0 Å². The van der Waals surface area contributed by atoms with E-state index in [1.807, 2.05) is 0 Å². The van der Waals surface area contributed by atoms with E-state index in [-0.39, 0.29) is 59.5 Å². The van der Waals surface area contributed by atoms with Gasteiger partial charge in [-0.3, -0.25) is 29.0 Å². The predicted molar refractivity (Wildman–Crippen MR) is 164 cm³/mol. The zero-order valence-corrected chi connectivity index (χ0v) is 26.0. The summed E-state index contributed by atoms with van der Waals surface area (Å²) in [5, 5.41) is 8.02. The van der Waals surface area contributed by atoms with Gasteiger partial charge in [0.15, 0.2) is 11.5 Å². The number of furan rings is 1. The summed E-state index contributed by atoms with van der Waals surface area (Å²) in [5.41, 5.74) is 0.530. The number of esters is 1. The Morgan fingerprint density at radius 1 is 0.957 bits per heavy atom. The molecule has 12 nitrogen and oxygen atoms in total. The second-order valence-electron chi connectivity index (χ2n) is 10.8. The summed E-state index contributed by atoms with van der Waals surface area (Å²) in [6.45, 7) is -0.373. The first-order valence-corrected chi connectivity index (χ1v) is 15.4. The van der Waals surface area contributed by atoms with Gasteiger partial charge in [-0.25, -0.2) is 9.80 Å². The van der Waals surface area contributed by atoms with Crippen LogP contribution in [0.3, 0.4) is 0 Å². The molecule has 2 saturated heterocycles. The molecular weight excluding hydrogens is 639 g/mol. The molecule has 0 bridgehead atoms. The monoisotopic (exact) mass is 668 g/mol. The number of hydrogen-bond donors (Lipinski definition) is 2. The number of carbonyl (C=O) groups excluding carboxylic acids is 6. The molecule has 4 amide bonds. The first-order valence-electron chi connectivity index (χ1n) is 14.6. The molecule has 2 N–H and O–H groups in total. The van der Waals surface area contributed by atoms with Gasteiger partial charge in [-0.05, 0) is 49.1 Å². The number of nitrogens with zero attached hydrogens (tertiary/aromatic N) is 2. The first kappa shape index (κ1) is 32.7. The number of benzene rings is 2. The Labute approximate surface area is 273 Å². The third-order valence-corrected chi connectivity index (χ3v) is 8.33. The second kappa shape index (κ2) is 14.6. The van der Waals surface area contributed by atoms with Gasteiger partial charge in [-0.1, -0.05) is 59.6 Å². The van der Waals surface area contributed by atoms with E-state index in [0.29, 0.717) is 12.0 Å². The molecule has 3 heterocycles. The number of fused-ring (bicyclic) bond motifs is 1. The minimum Gasteiger partial charge on any atom is -0.459 e. The van der Waals surface area contributed by atoms with Crippen molar-refractivity contribution in [1.82, 2.24) is 20.7 Å². The van der Waals surface area contributed by atoms with E-state index in [9.17, 15) is 28.8 Å². The van der Waals surface area contributed by atoms with E-state index in [0.717, 1.165) is 5.01 Å². The van der Waals surface area contributed by atoms with Crippen LogP contribution in [-0.2, 0) is 23.9 Å². The Morgan fingerprint density at radius 3 is 2.39 bits per heavy atom. The number of hydrogen-bond acceptors (Lipinski definition) is 8. The Kier molecular flexibility index (Phi) is 10.4. The topological polar surface area (TPSA) is 155 Å². The maximum Gasteiger partial charge on any atom is 0.341 e. The number of ketones is 1. The highest BCUT2D eigenvalue weighted by Gasteiger charge is 2.45. The summed E-state index contributed by atoms with van der Waals surface area (Å²) in [6, 6.07) is 13.2. The summed E-state index contributed by atoms with van der Waals surface area (Å²) in [6.07, 6.45) is 1.80. The maximum absolute atomic E-state index is 13.9. The summed E-state index contributed by atoms with van der Waals surface area (Å²) in [7, 11) is 0. The molecule has 240 valence electrons. The lowest BCUT2D eigenvalue weighted by molar-refractivity contribution is -0.176. The first-order chi connectivity index (χ1) is 22.1. The molecule has 2 aromatic carbocycles. The molecule has 2 unspecified atom stereocenters. The molecule has 1 aromatic heterocycles. The summed E-state index contributed by atoms with van der Waals surface area (Å²) in [4.78, 5) is 79.0. The molecule has 0 aliphatic carbocycles. The highest BCUT2D eigenvalue weighted by Crippen LogP contribution is 2.28. The van der Waals surface area contributed by atoms with Crippen LogP contribution in [0, 0.1) is 0 Å². The van der Waals surface area contributed by atoms with Crippen LogP contribution in [0.2, 0.25) is 10.0 Å². The fraction of sp³-hybridized carbons (Fsp3) is 0.312. The van der Waals surface area contributed by atoms with E-state index >= 15 is 0 Å². The fourth-order valence-electron chi connectivity index (χ4n) is 5.45. The zero-order chi connectivity index (χ0) is 32.8. The largest absolute Gasteiger partial charge is 0.459 e. The van der Waals surface area contributed by atoms with Gasteiger partial charge in [0, 0.05) is 19.4 Å². The summed E-state index contributed by atoms with van der Waals surface area (Å²) in [5.74, 6) is -3.54. The second-order valence-corrected chi connectivity index (χ2v) is 11.6. The lowest BCUT2D eigenvalue weighted by Crippen LogP contribution is -2.63. The van der Waals surface area contributed by atoms with Crippen LogP contribution in [-0.4, -0.2) is 70.6 Å². The van der Waals surface area contributed by atoms with Crippen LogP contribution in [0.15, 0.2) is 71.3 Å². The summed E-state index contributed by atoms with van der Waals surface area (Å²) >= 11 is 12.2. The fourth-order valence-corrected chi connectivity index (χ4v) is 6.00. The lowest BCUT2D eigenvalue weighted by Gasteiger charge is -2.43. The molecule has 0 spiro atoms. The molecular formula is C32H30Cl2N4O8. The van der Waals surface area contributed by atoms with Crippen molar-refractivity contribution in [3.8, 4) is 0 Å². The van der Waals surface area contributed by atoms with E-state index in [2.05, 4.69) is 10.6 Å². The molecule has 3 atom stereocenters. The van der Waals surface area contributed by atoms with Gasteiger partial charge < -0.3 is 19.8 Å². The molecule has 3 aromatic rings. The quantitative estimate of drug-likeness (QED) is 0.308. The number of ether oxygens (including phenoxy) is 1. The van der Waals surface area contributed by atoms with E-state index < -0.39 is 54.2 Å². The predicted octanol–water partition coefficient (Wildman–Crippen LogP) is 3.89. The molecule has 0 saturated carbocycles. The number of nitrogens with one attached hydrogen (secondary N) is 2. The highest BCUT2D eigenvalue weighted by atomic mass is 35.5. The number of Topliss-reactive ketones (excluding diaryl/α,β-unsaturated/α-hetero) is 1. The van der Waals surface area contributed by atoms with Crippen molar-refractivity contribution in [2.75, 3.05) is 13.2 Å².